The first-order valence-electron chi connectivity index (χ1n) is 12.1. The monoisotopic (exact) mass is 594 g/mol. The molecular weight excluding hydrogens is 569 g/mol. The van der Waals surface area contributed by atoms with Crippen LogP contribution in [-0.4, -0.2) is 33.3 Å². The Labute approximate surface area is 247 Å². The van der Waals surface area contributed by atoms with Crippen LogP contribution in [0.4, 0.5) is 8.78 Å². The summed E-state index contributed by atoms with van der Waals surface area (Å²) in [5.74, 6) is -4.29. The summed E-state index contributed by atoms with van der Waals surface area (Å²) in [4.78, 5) is 28.8. The third kappa shape index (κ3) is 8.43. The Kier molecular flexibility index (Phi) is 11.8. The summed E-state index contributed by atoms with van der Waals surface area (Å²) >= 11 is 1.39. The molecule has 1 N–H and O–H groups in total. The number of carbonyl (C=O) groups excluding carboxylic acids is 2. The summed E-state index contributed by atoms with van der Waals surface area (Å²) in [6, 6.07) is 28.4. The second kappa shape index (κ2) is 15.0. The normalized spacial score (nSPS) is 11.9. The third-order valence-corrected chi connectivity index (χ3v) is 8.51. The number of halogens is 2. The fourth-order valence-corrected chi connectivity index (χ4v) is 6.08. The zero-order chi connectivity index (χ0) is 27.8. The molecule has 0 spiro atoms. The number of hydrogen-bond donors (Lipinski definition) is 0. The van der Waals surface area contributed by atoms with E-state index in [1.54, 1.807) is 24.3 Å². The molecule has 4 aromatic rings. The predicted octanol–water partition coefficient (Wildman–Crippen LogP) is 7.62. The van der Waals surface area contributed by atoms with Crippen molar-refractivity contribution in [1.82, 2.24) is 0 Å². The van der Waals surface area contributed by atoms with Crippen LogP contribution in [0, 0.1) is 11.6 Å². The first-order valence-corrected chi connectivity index (χ1v) is 14.7. The zero-order valence-electron chi connectivity index (χ0n) is 21.6. The van der Waals surface area contributed by atoms with Crippen molar-refractivity contribution in [3.63, 3.8) is 0 Å². The Bertz CT molecular complexity index is 1330. The van der Waals surface area contributed by atoms with E-state index in [0.29, 0.717) is 0 Å². The standard InChI is InChI=1S/2C15H13FO2S.Al.H2O/c2*1-10(15(17)18)13-9-12(7-8-14(13)16)19-11-5-3-2-4-6-11;;/h2*2-10H,1H3,(H,17,18);;1H2/q;;+3;/p-3. The van der Waals surface area contributed by atoms with E-state index in [4.69, 9.17) is 7.58 Å². The third-order valence-electron chi connectivity index (χ3n) is 5.86. The molecule has 40 heavy (non-hydrogen) atoms. The van der Waals surface area contributed by atoms with Gasteiger partial charge in [0.25, 0.3) is 0 Å². The Hall–Kier alpha value is -3.13. The van der Waals surface area contributed by atoms with Crippen LogP contribution in [0.5, 0.6) is 0 Å². The summed E-state index contributed by atoms with van der Waals surface area (Å²) in [5, 5.41) is 0. The average Bonchev–Trinajstić information content (AvgIpc) is 2.95. The van der Waals surface area contributed by atoms with Crippen molar-refractivity contribution < 1.29 is 31.4 Å². The van der Waals surface area contributed by atoms with Crippen LogP contribution < -0.4 is 0 Å². The zero-order valence-corrected chi connectivity index (χ0v) is 24.4. The summed E-state index contributed by atoms with van der Waals surface area (Å²) in [6.07, 6.45) is 0. The van der Waals surface area contributed by atoms with Gasteiger partial charge in [-0.15, -0.1) is 0 Å². The van der Waals surface area contributed by atoms with Crippen LogP contribution in [0.2, 0.25) is 0 Å². The van der Waals surface area contributed by atoms with Crippen LogP contribution in [0.25, 0.3) is 0 Å². The van der Waals surface area contributed by atoms with Gasteiger partial charge in [0.1, 0.15) is 0 Å². The molecule has 0 aromatic heterocycles. The summed E-state index contributed by atoms with van der Waals surface area (Å²) in [6.45, 7) is 3.07. The molecule has 10 heteroatoms. The number of benzene rings is 4. The minimum atomic E-state index is -1.51. The second-order valence-electron chi connectivity index (χ2n) is 8.61. The van der Waals surface area contributed by atoms with E-state index in [1.165, 1.54) is 49.5 Å². The maximum absolute atomic E-state index is 14.5. The van der Waals surface area contributed by atoms with Gasteiger partial charge >= 0.3 is 242 Å². The first kappa shape index (κ1) is 31.4. The van der Waals surface area contributed by atoms with Gasteiger partial charge in [0.15, 0.2) is 0 Å². The average molecular weight is 595 g/mol. The molecule has 0 aliphatic carbocycles. The van der Waals surface area contributed by atoms with Gasteiger partial charge in [-0.2, -0.15) is 0 Å². The molecule has 4 rings (SSSR count). The van der Waals surface area contributed by atoms with Gasteiger partial charge in [0.2, 0.25) is 0 Å². The molecular formula is C30H25AlF2O5S2. The Balaban J connectivity index is 0.00000441. The van der Waals surface area contributed by atoms with E-state index in [-0.39, 0.29) is 16.6 Å². The fourth-order valence-electron chi connectivity index (χ4n) is 3.66. The van der Waals surface area contributed by atoms with Gasteiger partial charge in [-0.25, -0.2) is 0 Å². The van der Waals surface area contributed by atoms with Crippen LogP contribution in [-0.2, 0) is 17.2 Å². The molecule has 0 amide bonds. The molecule has 4 aromatic carbocycles. The predicted molar refractivity (Wildman–Crippen MR) is 151 cm³/mol. The van der Waals surface area contributed by atoms with Crippen LogP contribution in [0.1, 0.15) is 36.8 Å². The topological polar surface area (TPSA) is 82.6 Å². The summed E-state index contributed by atoms with van der Waals surface area (Å²) in [5.41, 5.74) is 0.379. The molecule has 0 bridgehead atoms. The van der Waals surface area contributed by atoms with Gasteiger partial charge in [-0.3, -0.25) is 0 Å². The minimum Gasteiger partial charge on any atom is -0.870 e. The van der Waals surface area contributed by atoms with E-state index < -0.39 is 51.3 Å². The van der Waals surface area contributed by atoms with Crippen molar-refractivity contribution in [3.05, 3.63) is 120 Å². The SMILES string of the molecule is CC(C(=O)[O][Al+][O]C(=O)C(C)c1cc(Sc2ccccc2)ccc1F)c1cc(Sc2ccccc2)ccc1F.[OH-]. The van der Waals surface area contributed by atoms with Crippen molar-refractivity contribution in [1.29, 1.82) is 0 Å². The first-order chi connectivity index (χ1) is 18.8. The van der Waals surface area contributed by atoms with Crippen molar-refractivity contribution >= 4 is 51.3 Å². The quantitative estimate of drug-likeness (QED) is 0.175. The summed E-state index contributed by atoms with van der Waals surface area (Å²) in [7, 11) is 0. The molecule has 204 valence electrons. The van der Waals surface area contributed by atoms with Gasteiger partial charge in [0.05, 0.1) is 0 Å². The molecule has 2 unspecified atom stereocenters. The molecule has 0 radical (unpaired) electrons. The van der Waals surface area contributed by atoms with Crippen molar-refractivity contribution in [2.75, 3.05) is 0 Å². The Morgan fingerprint density at radius 1 is 0.625 bits per heavy atom. The maximum atomic E-state index is 14.5. The van der Waals surface area contributed by atoms with E-state index in [1.807, 2.05) is 60.7 Å². The maximum Gasteiger partial charge on any atom is -0.870 e. The van der Waals surface area contributed by atoms with Crippen LogP contribution >= 0.6 is 23.5 Å². The van der Waals surface area contributed by atoms with E-state index in [0.717, 1.165) is 19.6 Å². The van der Waals surface area contributed by atoms with Crippen molar-refractivity contribution in [2.45, 2.75) is 45.3 Å². The van der Waals surface area contributed by atoms with E-state index in [2.05, 4.69) is 0 Å². The number of rotatable bonds is 10. The summed E-state index contributed by atoms with van der Waals surface area (Å²) < 4.78 is 39.5. The van der Waals surface area contributed by atoms with Crippen molar-refractivity contribution in [2.24, 2.45) is 0 Å². The molecule has 0 aliphatic rings. The van der Waals surface area contributed by atoms with Crippen LogP contribution in [0.15, 0.2) is 117 Å². The molecule has 5 nitrogen and oxygen atoms in total. The molecule has 2 atom stereocenters. The minimum absolute atomic E-state index is 0. The van der Waals surface area contributed by atoms with E-state index in [9.17, 15) is 18.4 Å². The molecule has 0 heterocycles. The van der Waals surface area contributed by atoms with Crippen molar-refractivity contribution in [3.8, 4) is 0 Å². The van der Waals surface area contributed by atoms with Gasteiger partial charge in [-0.1, -0.05) is 0 Å². The Morgan fingerprint density at radius 3 is 1.38 bits per heavy atom. The van der Waals surface area contributed by atoms with Crippen LogP contribution in [0.3, 0.4) is 0 Å². The molecule has 0 saturated carbocycles. The molecule has 0 aliphatic heterocycles. The fraction of sp³-hybridized carbons (Fsp3) is 0.133. The number of carbonyl (C=O) groups is 2. The van der Waals surface area contributed by atoms with Gasteiger partial charge < -0.3 is 5.48 Å². The number of hydrogen-bond acceptors (Lipinski definition) is 7. The second-order valence-corrected chi connectivity index (χ2v) is 11.6. The Morgan fingerprint density at radius 2 is 1.00 bits per heavy atom. The van der Waals surface area contributed by atoms with E-state index >= 15 is 0 Å². The van der Waals surface area contributed by atoms with Gasteiger partial charge in [0, 0.05) is 0 Å². The van der Waals surface area contributed by atoms with Gasteiger partial charge in [-0.05, 0) is 0 Å². The smallest absolute Gasteiger partial charge is 0.870 e. The molecule has 0 fully saturated rings. The molecule has 0 saturated heterocycles. The largest absolute Gasteiger partial charge is 0.870 e.